The molecule has 0 fully saturated rings. The summed E-state index contributed by atoms with van der Waals surface area (Å²) < 4.78 is 4.18. The number of hydrogen-bond acceptors (Lipinski definition) is 4. The topological polar surface area (TPSA) is 60.6 Å². The maximum Gasteiger partial charge on any atom is 0.146 e. The largest absolute Gasteiger partial charge is 0.323 e. The fourth-order valence-corrected chi connectivity index (χ4v) is 2.18. The SMILES string of the molecule is CCCn1ncnc1Cn1c(CNC(C)(C)C)cnc1C. The van der Waals surface area contributed by atoms with Crippen LogP contribution in [0.4, 0.5) is 0 Å². The molecule has 6 heteroatoms. The fraction of sp³-hybridized carbons (Fsp3) is 0.667. The number of aryl methyl sites for hydroxylation is 2. The van der Waals surface area contributed by atoms with Gasteiger partial charge in [0.05, 0.1) is 12.2 Å². The minimum atomic E-state index is 0.0885. The summed E-state index contributed by atoms with van der Waals surface area (Å²) in [7, 11) is 0. The average Bonchev–Trinajstić information content (AvgIpc) is 2.96. The molecule has 21 heavy (non-hydrogen) atoms. The van der Waals surface area contributed by atoms with Gasteiger partial charge in [0.15, 0.2) is 0 Å². The molecule has 0 bridgehead atoms. The number of aromatic nitrogens is 5. The standard InChI is InChI=1S/C15H26N6/c1-6-7-21-14(17-11-19-21)10-20-12(2)16-8-13(20)9-18-15(3,4)5/h8,11,18H,6-7,9-10H2,1-5H3. The first kappa shape index (κ1) is 15.7. The van der Waals surface area contributed by atoms with Crippen molar-refractivity contribution in [2.75, 3.05) is 0 Å². The Morgan fingerprint density at radius 1 is 1.24 bits per heavy atom. The summed E-state index contributed by atoms with van der Waals surface area (Å²) >= 11 is 0. The van der Waals surface area contributed by atoms with E-state index in [0.29, 0.717) is 6.54 Å². The van der Waals surface area contributed by atoms with Gasteiger partial charge in [0.1, 0.15) is 18.0 Å². The van der Waals surface area contributed by atoms with Crippen molar-refractivity contribution < 1.29 is 0 Å². The number of imidazole rings is 1. The molecule has 2 aromatic heterocycles. The van der Waals surface area contributed by atoms with Gasteiger partial charge in [0.2, 0.25) is 0 Å². The Balaban J connectivity index is 2.16. The number of nitrogens with one attached hydrogen (secondary N) is 1. The second-order valence-corrected chi connectivity index (χ2v) is 6.39. The zero-order valence-electron chi connectivity index (χ0n) is 13.7. The third kappa shape index (κ3) is 4.14. The van der Waals surface area contributed by atoms with E-state index in [1.165, 1.54) is 5.69 Å². The summed E-state index contributed by atoms with van der Waals surface area (Å²) in [6, 6.07) is 0. The highest BCUT2D eigenvalue weighted by molar-refractivity contribution is 5.07. The molecule has 1 N–H and O–H groups in total. The first-order valence-corrected chi connectivity index (χ1v) is 7.53. The normalized spacial score (nSPS) is 12.0. The van der Waals surface area contributed by atoms with Crippen molar-refractivity contribution in [3.8, 4) is 0 Å². The van der Waals surface area contributed by atoms with Gasteiger partial charge in [0, 0.05) is 24.8 Å². The number of hydrogen-bond donors (Lipinski definition) is 1. The van der Waals surface area contributed by atoms with Gasteiger partial charge in [-0.1, -0.05) is 6.92 Å². The van der Waals surface area contributed by atoms with Gasteiger partial charge in [-0.25, -0.2) is 14.6 Å². The van der Waals surface area contributed by atoms with Crippen molar-refractivity contribution in [2.45, 2.75) is 66.2 Å². The van der Waals surface area contributed by atoms with Gasteiger partial charge >= 0.3 is 0 Å². The van der Waals surface area contributed by atoms with Crippen molar-refractivity contribution >= 4 is 0 Å². The quantitative estimate of drug-likeness (QED) is 0.885. The Kier molecular flexibility index (Phi) is 4.77. The van der Waals surface area contributed by atoms with Gasteiger partial charge < -0.3 is 9.88 Å². The van der Waals surface area contributed by atoms with E-state index in [-0.39, 0.29) is 5.54 Å². The summed E-state index contributed by atoms with van der Waals surface area (Å²) in [5, 5.41) is 7.79. The van der Waals surface area contributed by atoms with E-state index in [1.54, 1.807) is 6.33 Å². The average molecular weight is 290 g/mol. The first-order chi connectivity index (χ1) is 9.90. The lowest BCUT2D eigenvalue weighted by atomic mass is 10.1. The monoisotopic (exact) mass is 290 g/mol. The molecule has 6 nitrogen and oxygen atoms in total. The molecular weight excluding hydrogens is 264 g/mol. The van der Waals surface area contributed by atoms with Crippen molar-refractivity contribution in [3.05, 3.63) is 29.9 Å². The second-order valence-electron chi connectivity index (χ2n) is 6.39. The second kappa shape index (κ2) is 6.39. The third-order valence-electron chi connectivity index (χ3n) is 3.37. The summed E-state index contributed by atoms with van der Waals surface area (Å²) in [4.78, 5) is 8.82. The molecule has 2 heterocycles. The summed E-state index contributed by atoms with van der Waals surface area (Å²) in [5.74, 6) is 1.99. The molecule has 0 radical (unpaired) electrons. The summed E-state index contributed by atoms with van der Waals surface area (Å²) in [6.07, 6.45) is 4.62. The smallest absolute Gasteiger partial charge is 0.146 e. The van der Waals surface area contributed by atoms with Crippen LogP contribution in [0.3, 0.4) is 0 Å². The van der Waals surface area contributed by atoms with E-state index in [1.807, 2.05) is 17.8 Å². The van der Waals surface area contributed by atoms with Crippen molar-refractivity contribution in [1.82, 2.24) is 29.6 Å². The molecule has 0 atom stereocenters. The fourth-order valence-electron chi connectivity index (χ4n) is 2.18. The molecule has 0 unspecified atom stereocenters. The molecule has 0 saturated carbocycles. The van der Waals surface area contributed by atoms with Gasteiger partial charge in [0.25, 0.3) is 0 Å². The molecule has 0 saturated heterocycles. The van der Waals surface area contributed by atoms with Crippen LogP contribution in [0.25, 0.3) is 0 Å². The first-order valence-electron chi connectivity index (χ1n) is 7.53. The molecule has 0 aliphatic rings. The van der Waals surface area contributed by atoms with Crippen LogP contribution < -0.4 is 5.32 Å². The summed E-state index contributed by atoms with van der Waals surface area (Å²) in [6.45, 7) is 13.1. The van der Waals surface area contributed by atoms with E-state index in [2.05, 4.69) is 52.6 Å². The lowest BCUT2D eigenvalue weighted by Crippen LogP contribution is -2.35. The molecular formula is C15H26N6. The lowest BCUT2D eigenvalue weighted by molar-refractivity contribution is 0.415. The molecule has 2 aromatic rings. The van der Waals surface area contributed by atoms with Crippen molar-refractivity contribution in [2.24, 2.45) is 0 Å². The third-order valence-corrected chi connectivity index (χ3v) is 3.37. The minimum absolute atomic E-state index is 0.0885. The molecule has 0 aliphatic carbocycles. The Morgan fingerprint density at radius 2 is 2.00 bits per heavy atom. The Hall–Kier alpha value is -1.69. The van der Waals surface area contributed by atoms with Crippen LogP contribution in [-0.4, -0.2) is 29.9 Å². The maximum absolute atomic E-state index is 4.44. The highest BCUT2D eigenvalue weighted by Gasteiger charge is 2.14. The Bertz CT molecular complexity index is 575. The summed E-state index contributed by atoms with van der Waals surface area (Å²) in [5.41, 5.74) is 1.26. The number of rotatable bonds is 6. The molecule has 0 aromatic carbocycles. The molecule has 0 spiro atoms. The molecule has 0 aliphatic heterocycles. The van der Waals surface area contributed by atoms with Gasteiger partial charge in [-0.3, -0.25) is 0 Å². The van der Waals surface area contributed by atoms with Gasteiger partial charge in [-0.05, 0) is 34.1 Å². The van der Waals surface area contributed by atoms with Crippen LogP contribution in [0.5, 0.6) is 0 Å². The number of nitrogens with zero attached hydrogens (tertiary/aromatic N) is 5. The Morgan fingerprint density at radius 3 is 2.67 bits per heavy atom. The lowest BCUT2D eigenvalue weighted by Gasteiger charge is -2.21. The zero-order valence-corrected chi connectivity index (χ0v) is 13.7. The van der Waals surface area contributed by atoms with E-state index >= 15 is 0 Å². The predicted molar refractivity (Wildman–Crippen MR) is 83.0 cm³/mol. The van der Waals surface area contributed by atoms with E-state index < -0.39 is 0 Å². The molecule has 116 valence electrons. The zero-order chi connectivity index (χ0) is 15.5. The van der Waals surface area contributed by atoms with Crippen LogP contribution in [-0.2, 0) is 19.6 Å². The Labute approximate surface area is 126 Å². The van der Waals surface area contributed by atoms with Crippen LogP contribution in [0.1, 0.15) is 51.5 Å². The predicted octanol–water partition coefficient (Wildman–Crippen LogP) is 2.13. The van der Waals surface area contributed by atoms with E-state index in [4.69, 9.17) is 0 Å². The van der Waals surface area contributed by atoms with Gasteiger partial charge in [-0.15, -0.1) is 0 Å². The maximum atomic E-state index is 4.44. The van der Waals surface area contributed by atoms with Gasteiger partial charge in [-0.2, -0.15) is 5.10 Å². The van der Waals surface area contributed by atoms with Crippen LogP contribution >= 0.6 is 0 Å². The molecule has 0 amide bonds. The van der Waals surface area contributed by atoms with Crippen LogP contribution in [0, 0.1) is 6.92 Å². The van der Waals surface area contributed by atoms with Crippen molar-refractivity contribution in [3.63, 3.8) is 0 Å². The van der Waals surface area contributed by atoms with E-state index in [9.17, 15) is 0 Å². The molecule has 2 rings (SSSR count). The van der Waals surface area contributed by atoms with Crippen LogP contribution in [0.2, 0.25) is 0 Å². The highest BCUT2D eigenvalue weighted by Crippen LogP contribution is 2.10. The van der Waals surface area contributed by atoms with E-state index in [0.717, 1.165) is 31.2 Å². The van der Waals surface area contributed by atoms with Crippen molar-refractivity contribution in [1.29, 1.82) is 0 Å². The highest BCUT2D eigenvalue weighted by atomic mass is 15.3. The van der Waals surface area contributed by atoms with Crippen LogP contribution in [0.15, 0.2) is 12.5 Å². The minimum Gasteiger partial charge on any atom is -0.323 e.